The average molecular weight is 279 g/mol. The summed E-state index contributed by atoms with van der Waals surface area (Å²) in [7, 11) is 0. The van der Waals surface area contributed by atoms with Crippen LogP contribution in [0.3, 0.4) is 0 Å². The maximum Gasteiger partial charge on any atom is 0.230 e. The average Bonchev–Trinajstić information content (AvgIpc) is 2.97. The molecule has 0 radical (unpaired) electrons. The van der Waals surface area contributed by atoms with Crippen molar-refractivity contribution in [1.82, 2.24) is 9.97 Å². The van der Waals surface area contributed by atoms with E-state index >= 15 is 0 Å². The lowest BCUT2D eigenvalue weighted by atomic mass is 10.2. The molecule has 21 heavy (non-hydrogen) atoms. The van der Waals surface area contributed by atoms with E-state index in [0.717, 1.165) is 5.56 Å². The normalized spacial score (nSPS) is 10.3. The van der Waals surface area contributed by atoms with Crippen LogP contribution >= 0.6 is 0 Å². The minimum Gasteiger partial charge on any atom is -0.444 e. The van der Waals surface area contributed by atoms with Gasteiger partial charge in [0.2, 0.25) is 11.8 Å². The second-order valence-electron chi connectivity index (χ2n) is 4.47. The summed E-state index contributed by atoms with van der Waals surface area (Å²) >= 11 is 0. The fraction of sp³-hybridized carbons (Fsp3) is 0.0625. The summed E-state index contributed by atoms with van der Waals surface area (Å²) in [4.78, 5) is 20.1. The Bertz CT molecular complexity index is 724. The molecule has 1 N–H and O–H groups in total. The van der Waals surface area contributed by atoms with Crippen LogP contribution in [0.15, 0.2) is 65.5 Å². The first-order chi connectivity index (χ1) is 10.3. The lowest BCUT2D eigenvalue weighted by Crippen LogP contribution is -2.14. The number of amides is 1. The highest BCUT2D eigenvalue weighted by molar-refractivity contribution is 5.91. The van der Waals surface area contributed by atoms with Crippen LogP contribution in [0.2, 0.25) is 0 Å². The number of nitrogens with one attached hydrogen (secondary N) is 1. The fourth-order valence-electron chi connectivity index (χ4n) is 1.91. The fourth-order valence-corrected chi connectivity index (χ4v) is 1.91. The predicted molar refractivity (Wildman–Crippen MR) is 78.5 cm³/mol. The van der Waals surface area contributed by atoms with Gasteiger partial charge in [-0.2, -0.15) is 0 Å². The molecule has 3 aromatic rings. The van der Waals surface area contributed by atoms with Crippen LogP contribution in [0, 0.1) is 0 Å². The third-order valence-corrected chi connectivity index (χ3v) is 2.88. The van der Waals surface area contributed by atoms with Crippen LogP contribution in [0.4, 0.5) is 5.69 Å². The molecule has 1 aromatic carbocycles. The molecule has 0 bridgehead atoms. The first-order valence-electron chi connectivity index (χ1n) is 6.51. The van der Waals surface area contributed by atoms with Gasteiger partial charge in [-0.05, 0) is 24.3 Å². The number of hydrogen-bond acceptors (Lipinski definition) is 4. The minimum atomic E-state index is -0.144. The molecule has 5 nitrogen and oxygen atoms in total. The number of aromatic nitrogens is 2. The third kappa shape index (κ3) is 3.33. The van der Waals surface area contributed by atoms with Crippen molar-refractivity contribution < 1.29 is 9.21 Å². The van der Waals surface area contributed by atoms with Gasteiger partial charge in [-0.3, -0.25) is 9.78 Å². The standard InChI is InChI=1S/C16H13N3O2/c20-15(18-13-6-8-17-9-7-13)10-14-11-21-16(19-14)12-4-2-1-3-5-12/h1-9,11H,10H2,(H,17,18,20). The lowest BCUT2D eigenvalue weighted by molar-refractivity contribution is -0.115. The zero-order chi connectivity index (χ0) is 14.5. The molecule has 0 fully saturated rings. The molecular formula is C16H13N3O2. The van der Waals surface area contributed by atoms with Crippen molar-refractivity contribution in [3.63, 3.8) is 0 Å². The number of pyridine rings is 1. The van der Waals surface area contributed by atoms with E-state index in [1.807, 2.05) is 30.3 Å². The second-order valence-corrected chi connectivity index (χ2v) is 4.47. The summed E-state index contributed by atoms with van der Waals surface area (Å²) in [5, 5.41) is 2.78. The number of anilines is 1. The second kappa shape index (κ2) is 6.00. The Morgan fingerprint density at radius 2 is 1.86 bits per heavy atom. The first-order valence-corrected chi connectivity index (χ1v) is 6.51. The summed E-state index contributed by atoms with van der Waals surface area (Å²) in [6.45, 7) is 0. The minimum absolute atomic E-state index is 0.144. The zero-order valence-electron chi connectivity index (χ0n) is 11.2. The van der Waals surface area contributed by atoms with E-state index in [9.17, 15) is 4.79 Å². The van der Waals surface area contributed by atoms with Crippen molar-refractivity contribution in [3.8, 4) is 11.5 Å². The number of nitrogens with zero attached hydrogens (tertiary/aromatic N) is 2. The van der Waals surface area contributed by atoms with Gasteiger partial charge in [0.15, 0.2) is 0 Å². The molecule has 0 saturated carbocycles. The Morgan fingerprint density at radius 3 is 2.62 bits per heavy atom. The molecule has 0 aliphatic carbocycles. The summed E-state index contributed by atoms with van der Waals surface area (Å²) in [5.74, 6) is 0.372. The van der Waals surface area contributed by atoms with Gasteiger partial charge in [-0.25, -0.2) is 4.98 Å². The van der Waals surface area contributed by atoms with Crippen LogP contribution in [0.1, 0.15) is 5.69 Å². The van der Waals surface area contributed by atoms with Crippen molar-refractivity contribution in [2.45, 2.75) is 6.42 Å². The monoisotopic (exact) mass is 279 g/mol. The Kier molecular flexibility index (Phi) is 3.73. The number of oxazole rings is 1. The maximum absolute atomic E-state index is 11.9. The van der Waals surface area contributed by atoms with E-state index in [2.05, 4.69) is 15.3 Å². The molecule has 1 amide bonds. The maximum atomic E-state index is 11.9. The summed E-state index contributed by atoms with van der Waals surface area (Å²) < 4.78 is 5.40. The molecule has 5 heteroatoms. The molecule has 0 unspecified atom stereocenters. The Balaban J connectivity index is 1.66. The highest BCUT2D eigenvalue weighted by Gasteiger charge is 2.10. The van der Waals surface area contributed by atoms with Gasteiger partial charge < -0.3 is 9.73 Å². The predicted octanol–water partition coefficient (Wildman–Crippen LogP) is 2.92. The number of carbonyl (C=O) groups excluding carboxylic acids is 1. The van der Waals surface area contributed by atoms with Gasteiger partial charge in [0.25, 0.3) is 0 Å². The highest BCUT2D eigenvalue weighted by Crippen LogP contribution is 2.18. The van der Waals surface area contributed by atoms with Crippen molar-refractivity contribution in [2.24, 2.45) is 0 Å². The van der Waals surface area contributed by atoms with Gasteiger partial charge in [0.05, 0.1) is 12.1 Å². The SMILES string of the molecule is O=C(Cc1coc(-c2ccccc2)n1)Nc1ccncc1. The van der Waals surface area contributed by atoms with E-state index in [4.69, 9.17) is 4.42 Å². The van der Waals surface area contributed by atoms with E-state index in [1.165, 1.54) is 6.26 Å². The molecule has 3 rings (SSSR count). The zero-order valence-corrected chi connectivity index (χ0v) is 11.2. The van der Waals surface area contributed by atoms with Gasteiger partial charge in [0.1, 0.15) is 6.26 Å². The summed E-state index contributed by atoms with van der Waals surface area (Å²) in [6, 6.07) is 13.0. The van der Waals surface area contributed by atoms with Gasteiger partial charge in [0, 0.05) is 23.6 Å². The molecule has 0 atom stereocenters. The number of benzene rings is 1. The molecule has 104 valence electrons. The first kappa shape index (κ1) is 13.1. The Hall–Kier alpha value is -2.95. The number of hydrogen-bond donors (Lipinski definition) is 1. The van der Waals surface area contributed by atoms with Gasteiger partial charge in [-0.1, -0.05) is 18.2 Å². The van der Waals surface area contributed by atoms with Crippen LogP contribution in [-0.4, -0.2) is 15.9 Å². The number of carbonyl (C=O) groups is 1. The lowest BCUT2D eigenvalue weighted by Gasteiger charge is -2.02. The molecule has 2 heterocycles. The van der Waals surface area contributed by atoms with Crippen LogP contribution in [-0.2, 0) is 11.2 Å². The van der Waals surface area contributed by atoms with Gasteiger partial charge >= 0.3 is 0 Å². The summed E-state index contributed by atoms with van der Waals surface area (Å²) in [5.41, 5.74) is 2.19. The van der Waals surface area contributed by atoms with E-state index in [1.54, 1.807) is 24.5 Å². The molecule has 0 spiro atoms. The highest BCUT2D eigenvalue weighted by atomic mass is 16.3. The van der Waals surface area contributed by atoms with Crippen molar-refractivity contribution in [1.29, 1.82) is 0 Å². The van der Waals surface area contributed by atoms with Crippen molar-refractivity contribution in [3.05, 3.63) is 66.8 Å². The third-order valence-electron chi connectivity index (χ3n) is 2.88. The molecule has 2 aromatic heterocycles. The largest absolute Gasteiger partial charge is 0.444 e. The van der Waals surface area contributed by atoms with E-state index in [0.29, 0.717) is 17.3 Å². The molecular weight excluding hydrogens is 266 g/mol. The Labute approximate surface area is 121 Å². The van der Waals surface area contributed by atoms with Crippen molar-refractivity contribution in [2.75, 3.05) is 5.32 Å². The number of rotatable bonds is 4. The molecule has 0 saturated heterocycles. The van der Waals surface area contributed by atoms with Crippen LogP contribution in [0.5, 0.6) is 0 Å². The van der Waals surface area contributed by atoms with Crippen LogP contribution < -0.4 is 5.32 Å². The molecule has 0 aliphatic rings. The van der Waals surface area contributed by atoms with E-state index in [-0.39, 0.29) is 12.3 Å². The summed E-state index contributed by atoms with van der Waals surface area (Å²) in [6.07, 6.45) is 4.92. The smallest absolute Gasteiger partial charge is 0.230 e. The van der Waals surface area contributed by atoms with Crippen LogP contribution in [0.25, 0.3) is 11.5 Å². The van der Waals surface area contributed by atoms with Crippen molar-refractivity contribution >= 4 is 11.6 Å². The Morgan fingerprint density at radius 1 is 1.10 bits per heavy atom. The topological polar surface area (TPSA) is 68.0 Å². The molecule has 0 aliphatic heterocycles. The van der Waals surface area contributed by atoms with E-state index < -0.39 is 0 Å². The quantitative estimate of drug-likeness (QED) is 0.797. The van der Waals surface area contributed by atoms with Gasteiger partial charge in [-0.15, -0.1) is 0 Å².